The SMILES string of the molecule is c1ccc2c(c1)ccc1c2c2c3ccccc3ccc2n1-c1ccc(-c2ccc3c(c2)oc2ccccc23)c2ccccc12. The lowest BCUT2D eigenvalue weighted by Crippen LogP contribution is -1.96. The summed E-state index contributed by atoms with van der Waals surface area (Å²) in [5, 5.41) is 12.4. The largest absolute Gasteiger partial charge is 0.456 e. The van der Waals surface area contributed by atoms with Crippen LogP contribution in [0, 0.1) is 0 Å². The van der Waals surface area contributed by atoms with Gasteiger partial charge in [-0.1, -0.05) is 115 Å². The van der Waals surface area contributed by atoms with Gasteiger partial charge in [0, 0.05) is 26.9 Å². The summed E-state index contributed by atoms with van der Waals surface area (Å²) in [5.41, 5.74) is 7.80. The molecule has 204 valence electrons. The maximum absolute atomic E-state index is 6.27. The summed E-state index contributed by atoms with van der Waals surface area (Å²) < 4.78 is 8.74. The molecular formula is C42H25NO. The van der Waals surface area contributed by atoms with Crippen LogP contribution in [0.5, 0.6) is 0 Å². The minimum atomic E-state index is 0.915. The predicted octanol–water partition coefficient (Wildman–Crippen LogP) is 11.8. The highest BCUT2D eigenvalue weighted by atomic mass is 16.3. The molecule has 0 saturated carbocycles. The second-order valence-corrected chi connectivity index (χ2v) is 11.7. The Kier molecular flexibility index (Phi) is 4.75. The van der Waals surface area contributed by atoms with Crippen LogP contribution in [-0.4, -0.2) is 4.57 Å². The topological polar surface area (TPSA) is 18.1 Å². The van der Waals surface area contributed by atoms with Gasteiger partial charge in [-0.3, -0.25) is 0 Å². The summed E-state index contributed by atoms with van der Waals surface area (Å²) in [5.74, 6) is 0. The van der Waals surface area contributed by atoms with Crippen molar-refractivity contribution in [1.29, 1.82) is 0 Å². The molecule has 44 heavy (non-hydrogen) atoms. The van der Waals surface area contributed by atoms with Crippen molar-refractivity contribution in [3.8, 4) is 16.8 Å². The number of benzene rings is 8. The van der Waals surface area contributed by atoms with Gasteiger partial charge in [0.1, 0.15) is 11.2 Å². The van der Waals surface area contributed by atoms with Gasteiger partial charge in [-0.2, -0.15) is 0 Å². The van der Waals surface area contributed by atoms with Gasteiger partial charge in [-0.15, -0.1) is 0 Å². The van der Waals surface area contributed by atoms with Crippen molar-refractivity contribution in [2.45, 2.75) is 0 Å². The van der Waals surface area contributed by atoms with Gasteiger partial charge in [0.05, 0.1) is 16.7 Å². The fourth-order valence-corrected chi connectivity index (χ4v) is 7.43. The van der Waals surface area contributed by atoms with E-state index in [2.05, 4.69) is 144 Å². The first-order valence-electron chi connectivity index (χ1n) is 15.1. The van der Waals surface area contributed by atoms with Crippen molar-refractivity contribution in [1.82, 2.24) is 4.57 Å². The molecule has 0 bridgehead atoms. The zero-order valence-corrected chi connectivity index (χ0v) is 23.8. The van der Waals surface area contributed by atoms with E-state index >= 15 is 0 Å². The van der Waals surface area contributed by atoms with E-state index in [0.29, 0.717) is 0 Å². The Morgan fingerprint density at radius 1 is 0.386 bits per heavy atom. The summed E-state index contributed by atoms with van der Waals surface area (Å²) in [4.78, 5) is 0. The van der Waals surface area contributed by atoms with E-state index in [9.17, 15) is 0 Å². The molecule has 0 aliphatic carbocycles. The molecule has 10 rings (SSSR count). The number of rotatable bonds is 2. The number of hydrogen-bond donors (Lipinski definition) is 0. The average molecular weight is 560 g/mol. The molecule has 0 N–H and O–H groups in total. The Bertz CT molecular complexity index is 2680. The third-order valence-electron chi connectivity index (χ3n) is 9.38. The van der Waals surface area contributed by atoms with Crippen molar-refractivity contribution in [3.63, 3.8) is 0 Å². The van der Waals surface area contributed by atoms with E-state index in [-0.39, 0.29) is 0 Å². The highest BCUT2D eigenvalue weighted by Gasteiger charge is 2.19. The molecule has 2 nitrogen and oxygen atoms in total. The van der Waals surface area contributed by atoms with Crippen molar-refractivity contribution in [2.24, 2.45) is 0 Å². The van der Waals surface area contributed by atoms with Crippen LogP contribution in [0.3, 0.4) is 0 Å². The maximum atomic E-state index is 6.27. The van der Waals surface area contributed by atoms with E-state index in [1.165, 1.54) is 65.4 Å². The maximum Gasteiger partial charge on any atom is 0.136 e. The monoisotopic (exact) mass is 559 g/mol. The van der Waals surface area contributed by atoms with Crippen LogP contribution >= 0.6 is 0 Å². The molecule has 0 unspecified atom stereocenters. The summed E-state index contributed by atoms with van der Waals surface area (Å²) >= 11 is 0. The molecule has 2 heterocycles. The Morgan fingerprint density at radius 3 is 1.66 bits per heavy atom. The summed E-state index contributed by atoms with van der Waals surface area (Å²) in [7, 11) is 0. The van der Waals surface area contributed by atoms with Gasteiger partial charge in [0.15, 0.2) is 0 Å². The Labute approximate surface area is 253 Å². The molecule has 0 atom stereocenters. The first-order chi connectivity index (χ1) is 21.8. The van der Waals surface area contributed by atoms with E-state index in [1.807, 2.05) is 12.1 Å². The highest BCUT2D eigenvalue weighted by molar-refractivity contribution is 6.29. The number of aromatic nitrogens is 1. The Balaban J connectivity index is 1.29. The van der Waals surface area contributed by atoms with E-state index in [1.54, 1.807) is 0 Å². The van der Waals surface area contributed by atoms with Gasteiger partial charge in [-0.25, -0.2) is 0 Å². The quantitative estimate of drug-likeness (QED) is 0.206. The fourth-order valence-electron chi connectivity index (χ4n) is 7.43. The van der Waals surface area contributed by atoms with Crippen molar-refractivity contribution < 1.29 is 4.42 Å². The molecule has 2 aromatic heterocycles. The second kappa shape index (κ2) is 8.82. The van der Waals surface area contributed by atoms with Crippen LogP contribution < -0.4 is 0 Å². The zero-order valence-electron chi connectivity index (χ0n) is 23.8. The zero-order chi connectivity index (χ0) is 28.8. The van der Waals surface area contributed by atoms with Crippen molar-refractivity contribution in [3.05, 3.63) is 152 Å². The normalized spacial score (nSPS) is 12.1. The van der Waals surface area contributed by atoms with Crippen molar-refractivity contribution >= 4 is 76.1 Å². The van der Waals surface area contributed by atoms with Gasteiger partial charge >= 0.3 is 0 Å². The molecule has 2 heteroatoms. The van der Waals surface area contributed by atoms with Crippen LogP contribution in [0.15, 0.2) is 156 Å². The Morgan fingerprint density at radius 2 is 0.955 bits per heavy atom. The number of fused-ring (bicyclic) bond motifs is 11. The summed E-state index contributed by atoms with van der Waals surface area (Å²) in [6.45, 7) is 0. The van der Waals surface area contributed by atoms with Crippen LogP contribution in [0.1, 0.15) is 0 Å². The van der Waals surface area contributed by atoms with Gasteiger partial charge in [0.2, 0.25) is 0 Å². The fraction of sp³-hybridized carbons (Fsp3) is 0. The van der Waals surface area contributed by atoms with Crippen LogP contribution in [0.25, 0.3) is 92.9 Å². The van der Waals surface area contributed by atoms with Gasteiger partial charge in [0.25, 0.3) is 0 Å². The molecule has 8 aromatic carbocycles. The smallest absolute Gasteiger partial charge is 0.136 e. The van der Waals surface area contributed by atoms with E-state index in [0.717, 1.165) is 27.5 Å². The van der Waals surface area contributed by atoms with Crippen LogP contribution in [0.2, 0.25) is 0 Å². The van der Waals surface area contributed by atoms with Crippen LogP contribution in [0.4, 0.5) is 0 Å². The first kappa shape index (κ1) is 23.7. The molecule has 0 saturated heterocycles. The van der Waals surface area contributed by atoms with Crippen molar-refractivity contribution in [2.75, 3.05) is 0 Å². The molecular weight excluding hydrogens is 534 g/mol. The second-order valence-electron chi connectivity index (χ2n) is 11.7. The van der Waals surface area contributed by atoms with E-state index in [4.69, 9.17) is 4.42 Å². The lowest BCUT2D eigenvalue weighted by Gasteiger charge is -2.15. The lowest BCUT2D eigenvalue weighted by atomic mass is 9.96. The molecule has 0 radical (unpaired) electrons. The van der Waals surface area contributed by atoms with Crippen LogP contribution in [-0.2, 0) is 0 Å². The molecule has 0 fully saturated rings. The minimum Gasteiger partial charge on any atom is -0.456 e. The predicted molar refractivity (Wildman–Crippen MR) is 186 cm³/mol. The van der Waals surface area contributed by atoms with Gasteiger partial charge in [-0.05, 0) is 74.5 Å². The number of nitrogens with zero attached hydrogens (tertiary/aromatic N) is 1. The average Bonchev–Trinajstić information content (AvgIpc) is 3.63. The minimum absolute atomic E-state index is 0.915. The van der Waals surface area contributed by atoms with E-state index < -0.39 is 0 Å². The molecule has 0 aliphatic rings. The first-order valence-corrected chi connectivity index (χ1v) is 15.1. The number of furan rings is 1. The summed E-state index contributed by atoms with van der Waals surface area (Å²) in [6, 6.07) is 54.9. The lowest BCUT2D eigenvalue weighted by molar-refractivity contribution is 0.669. The molecule has 0 aliphatic heterocycles. The standard InChI is InChI=1S/C42H25NO/c1-3-11-30-26(9-1)18-22-37-41(30)42-31-12-4-2-10-27(31)19-23-38(42)43(37)36-24-21-29(32-13-5-6-14-33(32)36)28-17-20-35-34-15-7-8-16-39(34)44-40(35)25-28/h1-25H. The third kappa shape index (κ3) is 3.20. The van der Waals surface area contributed by atoms with Gasteiger partial charge < -0.3 is 8.98 Å². The summed E-state index contributed by atoms with van der Waals surface area (Å²) in [6.07, 6.45) is 0. The molecule has 0 spiro atoms. The molecule has 0 amide bonds. The highest BCUT2D eigenvalue weighted by Crippen LogP contribution is 2.43. The Hall–Kier alpha value is -5.86. The number of hydrogen-bond acceptors (Lipinski definition) is 1. The molecule has 10 aromatic rings. The number of para-hydroxylation sites is 1. The third-order valence-corrected chi connectivity index (χ3v) is 9.38.